The summed E-state index contributed by atoms with van der Waals surface area (Å²) in [6.45, 7) is 7.32. The van der Waals surface area contributed by atoms with Crippen molar-refractivity contribution in [2.75, 3.05) is 33.2 Å². The molecule has 2 fully saturated rings. The van der Waals surface area contributed by atoms with Gasteiger partial charge in [-0.15, -0.1) is 34.2 Å². The second-order valence-corrected chi connectivity index (χ2v) is 6.25. The molecule has 1 unspecified atom stereocenters. The van der Waals surface area contributed by atoms with Crippen molar-refractivity contribution in [2.45, 2.75) is 38.8 Å². The number of aryl methyl sites for hydroxylation is 1. The van der Waals surface area contributed by atoms with E-state index < -0.39 is 0 Å². The second kappa shape index (κ2) is 8.27. The lowest BCUT2D eigenvalue weighted by Gasteiger charge is -2.25. The molecule has 130 valence electrons. The molecule has 0 spiro atoms. The Morgan fingerprint density at radius 3 is 2.61 bits per heavy atom. The molecule has 0 radical (unpaired) electrons. The number of hydrogen-bond donors (Lipinski definition) is 1. The zero-order chi connectivity index (χ0) is 15.5. The van der Waals surface area contributed by atoms with Gasteiger partial charge in [-0.3, -0.25) is 9.89 Å². The molecule has 2 aliphatic rings. The Kier molecular flexibility index (Phi) is 6.63. The molecule has 0 bridgehead atoms. The molecule has 3 heterocycles. The Morgan fingerprint density at radius 1 is 1.26 bits per heavy atom. The van der Waals surface area contributed by atoms with Crippen LogP contribution in [-0.2, 0) is 13.6 Å². The molecule has 0 amide bonds. The third kappa shape index (κ3) is 4.14. The highest BCUT2D eigenvalue weighted by atomic mass is 127. The van der Waals surface area contributed by atoms with Crippen LogP contribution < -0.4 is 5.32 Å². The van der Waals surface area contributed by atoms with E-state index in [0.29, 0.717) is 12.6 Å². The molecule has 0 saturated carbocycles. The minimum Gasteiger partial charge on any atom is -0.349 e. The van der Waals surface area contributed by atoms with Gasteiger partial charge in [0.05, 0.1) is 6.54 Å². The highest BCUT2D eigenvalue weighted by Gasteiger charge is 2.30. The number of likely N-dealkylation sites (tertiary alicyclic amines) is 2. The Hall–Kier alpha value is -0.900. The normalized spacial score (nSPS) is 22.5. The summed E-state index contributed by atoms with van der Waals surface area (Å²) in [5, 5.41) is 11.7. The summed E-state index contributed by atoms with van der Waals surface area (Å²) >= 11 is 0. The summed E-state index contributed by atoms with van der Waals surface area (Å²) in [7, 11) is 3.85. The van der Waals surface area contributed by atoms with Crippen LogP contribution in [0, 0.1) is 6.92 Å². The van der Waals surface area contributed by atoms with Crippen molar-refractivity contribution in [1.29, 1.82) is 0 Å². The molecular weight excluding hydrogens is 405 g/mol. The van der Waals surface area contributed by atoms with Gasteiger partial charge in [0.25, 0.3) is 0 Å². The molecule has 8 heteroatoms. The van der Waals surface area contributed by atoms with Gasteiger partial charge in [-0.2, -0.15) is 0 Å². The minimum atomic E-state index is 0. The number of nitrogens with zero attached hydrogens (tertiary/aromatic N) is 6. The van der Waals surface area contributed by atoms with Gasteiger partial charge in [0.15, 0.2) is 11.8 Å². The summed E-state index contributed by atoms with van der Waals surface area (Å²) in [4.78, 5) is 9.44. The summed E-state index contributed by atoms with van der Waals surface area (Å²) in [5.41, 5.74) is 0. The Balaban J connectivity index is 0.00000192. The van der Waals surface area contributed by atoms with E-state index in [-0.39, 0.29) is 24.0 Å². The van der Waals surface area contributed by atoms with E-state index in [4.69, 9.17) is 0 Å². The molecule has 3 rings (SSSR count). The molecule has 1 aromatic rings. The van der Waals surface area contributed by atoms with Crippen LogP contribution in [0.1, 0.15) is 30.9 Å². The Labute approximate surface area is 155 Å². The van der Waals surface area contributed by atoms with Crippen molar-refractivity contribution in [1.82, 2.24) is 29.9 Å². The number of halogens is 1. The zero-order valence-electron chi connectivity index (χ0n) is 14.3. The predicted octanol–water partition coefficient (Wildman–Crippen LogP) is 0.987. The van der Waals surface area contributed by atoms with Gasteiger partial charge in [0, 0.05) is 33.2 Å². The van der Waals surface area contributed by atoms with E-state index >= 15 is 0 Å². The fraction of sp³-hybridized carbons (Fsp3) is 0.800. The van der Waals surface area contributed by atoms with Crippen molar-refractivity contribution in [3.05, 3.63) is 11.6 Å². The predicted molar refractivity (Wildman–Crippen MR) is 102 cm³/mol. The van der Waals surface area contributed by atoms with Crippen LogP contribution in [0.4, 0.5) is 0 Å². The van der Waals surface area contributed by atoms with Gasteiger partial charge < -0.3 is 14.8 Å². The van der Waals surface area contributed by atoms with Crippen molar-refractivity contribution in [3.8, 4) is 0 Å². The molecule has 2 aliphatic heterocycles. The van der Waals surface area contributed by atoms with Gasteiger partial charge in [-0.1, -0.05) is 0 Å². The zero-order valence-corrected chi connectivity index (χ0v) is 16.7. The lowest BCUT2D eigenvalue weighted by Crippen LogP contribution is -2.42. The smallest absolute Gasteiger partial charge is 0.194 e. The molecule has 2 saturated heterocycles. The maximum atomic E-state index is 4.44. The fourth-order valence-corrected chi connectivity index (χ4v) is 3.43. The van der Waals surface area contributed by atoms with E-state index in [1.807, 2.05) is 25.6 Å². The average molecular weight is 433 g/mol. The second-order valence-electron chi connectivity index (χ2n) is 6.25. The first-order valence-electron chi connectivity index (χ1n) is 8.23. The summed E-state index contributed by atoms with van der Waals surface area (Å²) in [5.74, 6) is 2.85. The molecule has 1 N–H and O–H groups in total. The third-order valence-electron chi connectivity index (χ3n) is 4.92. The van der Waals surface area contributed by atoms with Crippen molar-refractivity contribution in [2.24, 2.45) is 12.0 Å². The monoisotopic (exact) mass is 433 g/mol. The number of rotatable bonds is 3. The lowest BCUT2D eigenvalue weighted by molar-refractivity contribution is 0.249. The fourth-order valence-electron chi connectivity index (χ4n) is 3.43. The van der Waals surface area contributed by atoms with Gasteiger partial charge in [0.2, 0.25) is 0 Å². The van der Waals surface area contributed by atoms with E-state index in [9.17, 15) is 0 Å². The first-order chi connectivity index (χ1) is 10.7. The van der Waals surface area contributed by atoms with Crippen LogP contribution >= 0.6 is 24.0 Å². The van der Waals surface area contributed by atoms with E-state index in [0.717, 1.165) is 30.7 Å². The summed E-state index contributed by atoms with van der Waals surface area (Å²) < 4.78 is 2.01. The molecular formula is C15H28IN7. The van der Waals surface area contributed by atoms with Crippen molar-refractivity contribution in [3.63, 3.8) is 0 Å². The SMILES string of the molecule is CN=C(NCc1nnc(C)n1C)N1CCC(N2CCCC2)C1.I. The first kappa shape index (κ1) is 18.4. The summed E-state index contributed by atoms with van der Waals surface area (Å²) in [6, 6.07) is 0.693. The lowest BCUT2D eigenvalue weighted by atomic mass is 10.2. The molecule has 23 heavy (non-hydrogen) atoms. The average Bonchev–Trinajstić information content (AvgIpc) is 3.24. The van der Waals surface area contributed by atoms with Crippen LogP contribution in [-0.4, -0.2) is 69.8 Å². The molecule has 1 aromatic heterocycles. The third-order valence-corrected chi connectivity index (χ3v) is 4.92. The van der Waals surface area contributed by atoms with Crippen LogP contribution in [0.15, 0.2) is 4.99 Å². The number of nitrogens with one attached hydrogen (secondary N) is 1. The molecule has 0 aromatic carbocycles. The number of aliphatic imine (C=N–C) groups is 1. The number of aromatic nitrogens is 3. The van der Waals surface area contributed by atoms with Crippen LogP contribution in [0.5, 0.6) is 0 Å². The van der Waals surface area contributed by atoms with Crippen LogP contribution in [0.25, 0.3) is 0 Å². The number of guanidine groups is 1. The highest BCUT2D eigenvalue weighted by Crippen LogP contribution is 2.20. The topological polar surface area (TPSA) is 61.6 Å². The van der Waals surface area contributed by atoms with Crippen LogP contribution in [0.2, 0.25) is 0 Å². The quantitative estimate of drug-likeness (QED) is 0.438. The Bertz CT molecular complexity index is 536. The molecule has 1 atom stereocenters. The molecule has 7 nitrogen and oxygen atoms in total. The van der Waals surface area contributed by atoms with Crippen molar-refractivity contribution >= 4 is 29.9 Å². The molecule has 0 aliphatic carbocycles. The van der Waals surface area contributed by atoms with Gasteiger partial charge in [-0.05, 0) is 39.3 Å². The van der Waals surface area contributed by atoms with E-state index in [2.05, 4.69) is 30.3 Å². The minimum absolute atomic E-state index is 0. The standard InChI is InChI=1S/C15H27N7.HI/c1-12-18-19-14(20(12)3)10-17-15(16-2)22-9-6-13(11-22)21-7-4-5-8-21;/h13H,4-11H2,1-3H3,(H,16,17);1H. The van der Waals surface area contributed by atoms with Crippen molar-refractivity contribution < 1.29 is 0 Å². The van der Waals surface area contributed by atoms with Gasteiger partial charge in [-0.25, -0.2) is 0 Å². The Morgan fingerprint density at radius 2 is 2.00 bits per heavy atom. The maximum Gasteiger partial charge on any atom is 0.194 e. The van der Waals surface area contributed by atoms with Gasteiger partial charge >= 0.3 is 0 Å². The van der Waals surface area contributed by atoms with E-state index in [1.54, 1.807) is 0 Å². The van der Waals surface area contributed by atoms with Gasteiger partial charge in [0.1, 0.15) is 5.82 Å². The first-order valence-corrected chi connectivity index (χ1v) is 8.23. The number of hydrogen-bond acceptors (Lipinski definition) is 4. The maximum absolute atomic E-state index is 4.44. The highest BCUT2D eigenvalue weighted by molar-refractivity contribution is 14.0. The van der Waals surface area contributed by atoms with E-state index in [1.165, 1.54) is 32.4 Å². The summed E-state index contributed by atoms with van der Waals surface area (Å²) in [6.07, 6.45) is 3.95. The van der Waals surface area contributed by atoms with Crippen LogP contribution in [0.3, 0.4) is 0 Å². The largest absolute Gasteiger partial charge is 0.349 e.